The summed E-state index contributed by atoms with van der Waals surface area (Å²) < 4.78 is 5.31. The van der Waals surface area contributed by atoms with Gasteiger partial charge in [-0.3, -0.25) is 0 Å². The van der Waals surface area contributed by atoms with E-state index in [1.165, 1.54) is 32.1 Å². The van der Waals surface area contributed by atoms with Gasteiger partial charge in [-0.25, -0.2) is 4.79 Å². The van der Waals surface area contributed by atoms with Crippen molar-refractivity contribution >= 4 is 6.09 Å². The van der Waals surface area contributed by atoms with Crippen LogP contribution in [0.4, 0.5) is 4.79 Å². The van der Waals surface area contributed by atoms with E-state index >= 15 is 0 Å². The third-order valence-electron chi connectivity index (χ3n) is 3.90. The van der Waals surface area contributed by atoms with Crippen LogP contribution in [0.2, 0.25) is 0 Å². The lowest BCUT2D eigenvalue weighted by Gasteiger charge is -2.26. The number of carbonyl (C=O) groups excluding carboxylic acids is 1. The van der Waals surface area contributed by atoms with E-state index < -0.39 is 5.60 Å². The number of rotatable bonds is 9. The summed E-state index contributed by atoms with van der Waals surface area (Å²) in [4.78, 5) is 11.8. The summed E-state index contributed by atoms with van der Waals surface area (Å²) in [5.41, 5.74) is -0.431. The molecule has 2 unspecified atom stereocenters. The van der Waals surface area contributed by atoms with Gasteiger partial charge in [-0.15, -0.1) is 0 Å². The number of alkyl carbamates (subject to hydrolysis) is 1. The average Bonchev–Trinajstić information content (AvgIpc) is 3.20. The van der Waals surface area contributed by atoms with Gasteiger partial charge in [-0.1, -0.05) is 26.7 Å². The molecule has 1 amide bonds. The Bertz CT molecular complexity index is 308. The second-order valence-electron chi connectivity index (χ2n) is 7.24. The summed E-state index contributed by atoms with van der Waals surface area (Å²) >= 11 is 0. The van der Waals surface area contributed by atoms with E-state index in [0.717, 1.165) is 12.3 Å². The molecule has 1 rings (SSSR count). The monoisotopic (exact) mass is 298 g/mol. The Morgan fingerprint density at radius 1 is 1.29 bits per heavy atom. The van der Waals surface area contributed by atoms with Crippen molar-refractivity contribution in [3.63, 3.8) is 0 Å². The quantitative estimate of drug-likeness (QED) is 0.680. The van der Waals surface area contributed by atoms with Gasteiger partial charge in [0.25, 0.3) is 0 Å². The fourth-order valence-corrected chi connectivity index (χ4v) is 2.53. The predicted molar refractivity (Wildman–Crippen MR) is 87.5 cm³/mol. The van der Waals surface area contributed by atoms with Crippen LogP contribution in [-0.2, 0) is 4.74 Å². The van der Waals surface area contributed by atoms with Crippen molar-refractivity contribution < 1.29 is 9.53 Å². The molecule has 1 fully saturated rings. The molecule has 4 heteroatoms. The molecule has 21 heavy (non-hydrogen) atoms. The summed E-state index contributed by atoms with van der Waals surface area (Å²) in [7, 11) is 0. The molecule has 0 bridgehead atoms. The number of carbonyl (C=O) groups is 1. The maximum absolute atomic E-state index is 11.8. The number of hydrogen-bond donors (Lipinski definition) is 2. The molecule has 1 saturated carbocycles. The zero-order chi connectivity index (χ0) is 15.9. The molecule has 4 nitrogen and oxygen atoms in total. The number of ether oxygens (including phenoxy) is 1. The highest BCUT2D eigenvalue weighted by Gasteiger charge is 2.32. The minimum absolute atomic E-state index is 0.309. The molecule has 0 saturated heterocycles. The van der Waals surface area contributed by atoms with Crippen LogP contribution in [0.5, 0.6) is 0 Å². The summed E-state index contributed by atoms with van der Waals surface area (Å²) in [6.07, 6.45) is 7.12. The highest BCUT2D eigenvalue weighted by atomic mass is 16.6. The predicted octanol–water partition coefficient (Wildman–Crippen LogP) is 3.85. The van der Waals surface area contributed by atoms with Gasteiger partial charge in [-0.05, 0) is 52.4 Å². The van der Waals surface area contributed by atoms with Crippen molar-refractivity contribution in [3.8, 4) is 0 Å². The van der Waals surface area contributed by atoms with E-state index in [1.807, 2.05) is 20.8 Å². The summed E-state index contributed by atoms with van der Waals surface area (Å²) in [5, 5.41) is 6.67. The van der Waals surface area contributed by atoms with Crippen LogP contribution in [0.15, 0.2) is 0 Å². The Morgan fingerprint density at radius 2 is 1.95 bits per heavy atom. The van der Waals surface area contributed by atoms with Crippen LogP contribution < -0.4 is 10.6 Å². The van der Waals surface area contributed by atoms with Crippen LogP contribution in [-0.4, -0.2) is 30.3 Å². The van der Waals surface area contributed by atoms with Crippen LogP contribution in [0.25, 0.3) is 0 Å². The van der Waals surface area contributed by atoms with Crippen molar-refractivity contribution in [2.24, 2.45) is 5.92 Å². The minimum Gasteiger partial charge on any atom is -0.444 e. The SMILES string of the molecule is CCCCC(CC)NC(CNC(=O)OC(C)(C)C)C1CC1. The number of nitrogens with one attached hydrogen (secondary N) is 2. The van der Waals surface area contributed by atoms with Crippen molar-refractivity contribution in [1.29, 1.82) is 0 Å². The van der Waals surface area contributed by atoms with Crippen molar-refractivity contribution in [3.05, 3.63) is 0 Å². The first-order valence-electron chi connectivity index (χ1n) is 8.58. The lowest BCUT2D eigenvalue weighted by molar-refractivity contribution is 0.0520. The van der Waals surface area contributed by atoms with E-state index in [-0.39, 0.29) is 6.09 Å². The highest BCUT2D eigenvalue weighted by molar-refractivity contribution is 5.67. The van der Waals surface area contributed by atoms with Gasteiger partial charge in [0.2, 0.25) is 0 Å². The maximum Gasteiger partial charge on any atom is 0.407 e. The number of amides is 1. The van der Waals surface area contributed by atoms with Gasteiger partial charge < -0.3 is 15.4 Å². The van der Waals surface area contributed by atoms with Crippen molar-refractivity contribution in [1.82, 2.24) is 10.6 Å². The van der Waals surface area contributed by atoms with Gasteiger partial charge >= 0.3 is 6.09 Å². The average molecular weight is 298 g/mol. The Balaban J connectivity index is 2.37. The lowest BCUT2D eigenvalue weighted by atomic mass is 10.0. The van der Waals surface area contributed by atoms with Gasteiger partial charge in [0, 0.05) is 18.6 Å². The Kier molecular flexibility index (Phi) is 7.50. The normalized spacial score (nSPS) is 18.1. The molecule has 2 N–H and O–H groups in total. The topological polar surface area (TPSA) is 50.4 Å². The second kappa shape index (κ2) is 8.62. The third kappa shape index (κ3) is 8.30. The van der Waals surface area contributed by atoms with Crippen LogP contribution in [0.1, 0.15) is 73.1 Å². The summed E-state index contributed by atoms with van der Waals surface area (Å²) in [6.45, 7) is 10.8. The zero-order valence-corrected chi connectivity index (χ0v) is 14.5. The lowest BCUT2D eigenvalue weighted by Crippen LogP contribution is -2.47. The molecular formula is C17H34N2O2. The first kappa shape index (κ1) is 18.3. The Morgan fingerprint density at radius 3 is 2.43 bits per heavy atom. The molecule has 1 aliphatic rings. The largest absolute Gasteiger partial charge is 0.444 e. The molecule has 0 spiro atoms. The molecule has 0 aromatic carbocycles. The van der Waals surface area contributed by atoms with Crippen molar-refractivity contribution in [2.45, 2.75) is 90.8 Å². The highest BCUT2D eigenvalue weighted by Crippen LogP contribution is 2.33. The summed E-state index contributed by atoms with van der Waals surface area (Å²) in [5.74, 6) is 0.718. The van der Waals surface area contributed by atoms with Crippen LogP contribution >= 0.6 is 0 Å². The van der Waals surface area contributed by atoms with E-state index in [4.69, 9.17) is 4.74 Å². The van der Waals surface area contributed by atoms with Gasteiger partial charge in [-0.2, -0.15) is 0 Å². The molecule has 124 valence electrons. The minimum atomic E-state index is -0.431. The third-order valence-corrected chi connectivity index (χ3v) is 3.90. The van der Waals surface area contributed by atoms with Gasteiger partial charge in [0.05, 0.1) is 0 Å². The Labute approximate surface area is 130 Å². The number of hydrogen-bond acceptors (Lipinski definition) is 3. The maximum atomic E-state index is 11.8. The fraction of sp³-hybridized carbons (Fsp3) is 0.941. The zero-order valence-electron chi connectivity index (χ0n) is 14.5. The van der Waals surface area contributed by atoms with E-state index in [9.17, 15) is 4.79 Å². The molecule has 0 aromatic heterocycles. The molecule has 0 aliphatic heterocycles. The van der Waals surface area contributed by atoms with Gasteiger partial charge in [0.1, 0.15) is 5.60 Å². The molecule has 2 atom stereocenters. The molecular weight excluding hydrogens is 264 g/mol. The second-order valence-corrected chi connectivity index (χ2v) is 7.24. The van der Waals surface area contributed by atoms with E-state index in [0.29, 0.717) is 18.6 Å². The van der Waals surface area contributed by atoms with E-state index in [2.05, 4.69) is 24.5 Å². The molecule has 0 heterocycles. The smallest absolute Gasteiger partial charge is 0.407 e. The first-order valence-corrected chi connectivity index (χ1v) is 8.58. The molecule has 0 radical (unpaired) electrons. The standard InChI is InChI=1S/C17H34N2O2/c1-6-8-9-14(7-2)19-15(13-10-11-13)12-18-16(20)21-17(3,4)5/h13-15,19H,6-12H2,1-5H3,(H,18,20). The first-order chi connectivity index (χ1) is 9.85. The number of unbranched alkanes of at least 4 members (excludes halogenated alkanes) is 1. The van der Waals surface area contributed by atoms with Gasteiger partial charge in [0.15, 0.2) is 0 Å². The fourth-order valence-electron chi connectivity index (χ4n) is 2.53. The molecule has 0 aromatic rings. The van der Waals surface area contributed by atoms with Crippen LogP contribution in [0.3, 0.4) is 0 Å². The van der Waals surface area contributed by atoms with Crippen LogP contribution in [0, 0.1) is 5.92 Å². The van der Waals surface area contributed by atoms with Crippen molar-refractivity contribution in [2.75, 3.05) is 6.54 Å². The van der Waals surface area contributed by atoms with E-state index in [1.54, 1.807) is 0 Å². The Hall–Kier alpha value is -0.770. The summed E-state index contributed by atoms with van der Waals surface area (Å²) in [6, 6.07) is 0.954. The molecule has 1 aliphatic carbocycles.